The number of nitrogens with zero attached hydrogens (tertiary/aromatic N) is 3. The number of aromatic nitrogens is 3. The van der Waals surface area contributed by atoms with Crippen LogP contribution >= 0.6 is 0 Å². The van der Waals surface area contributed by atoms with Gasteiger partial charge in [0, 0.05) is 18.0 Å². The summed E-state index contributed by atoms with van der Waals surface area (Å²) >= 11 is 0. The molecule has 0 aliphatic heterocycles. The molecule has 1 amide bonds. The number of pyridine rings is 1. The van der Waals surface area contributed by atoms with Crippen LogP contribution in [0.15, 0.2) is 73.1 Å². The number of fused-ring (bicyclic) bond motifs is 1. The molecule has 6 nitrogen and oxygen atoms in total. The van der Waals surface area contributed by atoms with Gasteiger partial charge in [0.15, 0.2) is 0 Å². The molecule has 32 heavy (non-hydrogen) atoms. The molecule has 4 aromatic rings. The van der Waals surface area contributed by atoms with Crippen molar-refractivity contribution < 1.29 is 9.53 Å². The monoisotopic (exact) mass is 428 g/mol. The summed E-state index contributed by atoms with van der Waals surface area (Å²) in [6.45, 7) is 7.42. The molecule has 0 saturated carbocycles. The van der Waals surface area contributed by atoms with Crippen LogP contribution in [0.4, 0.5) is 0 Å². The minimum Gasteiger partial charge on any atom is -0.492 e. The molecule has 1 N–H and O–H groups in total. The van der Waals surface area contributed by atoms with Crippen molar-refractivity contribution in [2.75, 3.05) is 6.61 Å². The highest BCUT2D eigenvalue weighted by Gasteiger charge is 2.19. The van der Waals surface area contributed by atoms with Crippen molar-refractivity contribution >= 4 is 16.9 Å². The third kappa shape index (κ3) is 4.80. The fraction of sp³-hybridized carbons (Fsp3) is 0.269. The minimum absolute atomic E-state index is 0.153. The fourth-order valence-electron chi connectivity index (χ4n) is 3.71. The van der Waals surface area contributed by atoms with Crippen LogP contribution in [0.1, 0.15) is 54.5 Å². The van der Waals surface area contributed by atoms with E-state index in [4.69, 9.17) is 9.72 Å². The first-order chi connectivity index (χ1) is 15.5. The van der Waals surface area contributed by atoms with E-state index in [1.165, 1.54) is 5.56 Å². The van der Waals surface area contributed by atoms with Crippen LogP contribution in [0.25, 0.3) is 11.0 Å². The number of carbonyl (C=O) groups is 1. The summed E-state index contributed by atoms with van der Waals surface area (Å²) in [5.74, 6) is 1.99. The number of carbonyl (C=O) groups excluding carboxylic acids is 1. The van der Waals surface area contributed by atoms with Crippen LogP contribution in [0, 0.1) is 0 Å². The molecule has 4 rings (SSSR count). The Kier molecular flexibility index (Phi) is 6.50. The smallest absolute Gasteiger partial charge is 0.251 e. The second-order valence-corrected chi connectivity index (χ2v) is 8.11. The Labute approximate surface area is 188 Å². The van der Waals surface area contributed by atoms with E-state index >= 15 is 0 Å². The Morgan fingerprint density at radius 2 is 1.72 bits per heavy atom. The van der Waals surface area contributed by atoms with Gasteiger partial charge in [-0.3, -0.25) is 9.78 Å². The predicted octanol–water partition coefficient (Wildman–Crippen LogP) is 5.12. The third-order valence-electron chi connectivity index (χ3n) is 5.49. The normalized spacial score (nSPS) is 12.1. The first kappa shape index (κ1) is 21.6. The molecule has 0 saturated heterocycles. The number of amides is 1. The number of hydrogen-bond donors (Lipinski definition) is 1. The molecule has 1 atom stereocenters. The highest BCUT2D eigenvalue weighted by molar-refractivity contribution is 5.94. The maximum Gasteiger partial charge on any atom is 0.251 e. The summed E-state index contributed by atoms with van der Waals surface area (Å²) < 4.78 is 8.13. The van der Waals surface area contributed by atoms with Crippen LogP contribution < -0.4 is 10.1 Å². The Hall–Kier alpha value is -3.67. The molecule has 2 aromatic carbocycles. The third-order valence-corrected chi connectivity index (χ3v) is 5.49. The molecule has 0 aliphatic carbocycles. The SMILES string of the molecule is CC(C)c1ccc(OCCn2c(C(C)NC(=O)c3ccncc3)nc3ccccc32)cc1. The second-order valence-electron chi connectivity index (χ2n) is 8.11. The number of rotatable bonds is 8. The van der Waals surface area contributed by atoms with E-state index in [2.05, 4.69) is 40.8 Å². The molecular weight excluding hydrogens is 400 g/mol. The molecule has 0 bridgehead atoms. The van der Waals surface area contributed by atoms with Crippen molar-refractivity contribution in [1.82, 2.24) is 19.9 Å². The van der Waals surface area contributed by atoms with Gasteiger partial charge in [0.2, 0.25) is 0 Å². The molecule has 0 aliphatic rings. The van der Waals surface area contributed by atoms with Crippen LogP contribution in [0.3, 0.4) is 0 Å². The van der Waals surface area contributed by atoms with E-state index in [1.54, 1.807) is 24.5 Å². The van der Waals surface area contributed by atoms with Crippen molar-refractivity contribution in [2.24, 2.45) is 0 Å². The summed E-state index contributed by atoms with van der Waals surface area (Å²) in [7, 11) is 0. The largest absolute Gasteiger partial charge is 0.492 e. The highest BCUT2D eigenvalue weighted by atomic mass is 16.5. The van der Waals surface area contributed by atoms with E-state index in [9.17, 15) is 4.79 Å². The Balaban J connectivity index is 1.50. The highest BCUT2D eigenvalue weighted by Crippen LogP contribution is 2.22. The maximum atomic E-state index is 12.6. The molecular formula is C26H28N4O2. The number of benzene rings is 2. The lowest BCUT2D eigenvalue weighted by molar-refractivity contribution is 0.0937. The predicted molar refractivity (Wildman–Crippen MR) is 126 cm³/mol. The number of nitrogens with one attached hydrogen (secondary N) is 1. The minimum atomic E-state index is -0.270. The van der Waals surface area contributed by atoms with E-state index in [0.29, 0.717) is 24.6 Å². The quantitative estimate of drug-likeness (QED) is 0.423. The van der Waals surface area contributed by atoms with Gasteiger partial charge in [0.05, 0.1) is 23.6 Å². The van der Waals surface area contributed by atoms with Gasteiger partial charge in [-0.2, -0.15) is 0 Å². The van der Waals surface area contributed by atoms with Crippen LogP contribution in [0.2, 0.25) is 0 Å². The molecule has 6 heteroatoms. The Bertz CT molecular complexity index is 1180. The molecule has 1 unspecified atom stereocenters. The summed E-state index contributed by atoms with van der Waals surface area (Å²) in [5, 5.41) is 3.05. The molecule has 0 spiro atoms. The summed E-state index contributed by atoms with van der Waals surface area (Å²) in [4.78, 5) is 21.4. The van der Waals surface area contributed by atoms with Gasteiger partial charge in [-0.05, 0) is 54.8 Å². The summed E-state index contributed by atoms with van der Waals surface area (Å²) in [5.41, 5.74) is 3.78. The average Bonchev–Trinajstić information content (AvgIpc) is 3.19. The van der Waals surface area contributed by atoms with E-state index < -0.39 is 0 Å². The first-order valence-electron chi connectivity index (χ1n) is 10.9. The van der Waals surface area contributed by atoms with E-state index in [-0.39, 0.29) is 11.9 Å². The van der Waals surface area contributed by atoms with Gasteiger partial charge in [0.25, 0.3) is 5.91 Å². The molecule has 2 aromatic heterocycles. The van der Waals surface area contributed by atoms with Gasteiger partial charge in [-0.25, -0.2) is 4.98 Å². The van der Waals surface area contributed by atoms with Crippen molar-refractivity contribution in [3.05, 3.63) is 90.0 Å². The van der Waals surface area contributed by atoms with E-state index in [0.717, 1.165) is 22.6 Å². The van der Waals surface area contributed by atoms with Gasteiger partial charge < -0.3 is 14.6 Å². The van der Waals surface area contributed by atoms with Crippen LogP contribution in [0.5, 0.6) is 5.75 Å². The summed E-state index contributed by atoms with van der Waals surface area (Å²) in [6, 6.07) is 19.4. The van der Waals surface area contributed by atoms with Gasteiger partial charge in [0.1, 0.15) is 18.2 Å². The van der Waals surface area contributed by atoms with E-state index in [1.807, 2.05) is 43.3 Å². The lowest BCUT2D eigenvalue weighted by atomic mass is 10.0. The molecule has 164 valence electrons. The lowest BCUT2D eigenvalue weighted by Crippen LogP contribution is -2.29. The Morgan fingerprint density at radius 3 is 2.44 bits per heavy atom. The lowest BCUT2D eigenvalue weighted by Gasteiger charge is -2.17. The van der Waals surface area contributed by atoms with Crippen LogP contribution in [-0.2, 0) is 6.54 Å². The second kappa shape index (κ2) is 9.64. The molecule has 2 heterocycles. The maximum absolute atomic E-state index is 12.6. The fourth-order valence-corrected chi connectivity index (χ4v) is 3.71. The van der Waals surface area contributed by atoms with Crippen molar-refractivity contribution in [1.29, 1.82) is 0 Å². The first-order valence-corrected chi connectivity index (χ1v) is 10.9. The van der Waals surface area contributed by atoms with Crippen LogP contribution in [-0.4, -0.2) is 27.0 Å². The molecule has 0 fully saturated rings. The standard InChI is InChI=1S/C26H28N4O2/c1-18(2)20-8-10-22(11-9-20)32-17-16-30-24-7-5-4-6-23(24)29-25(30)19(3)28-26(31)21-12-14-27-15-13-21/h4-15,18-19H,16-17H2,1-3H3,(H,28,31). The molecule has 0 radical (unpaired) electrons. The zero-order valence-corrected chi connectivity index (χ0v) is 18.7. The zero-order chi connectivity index (χ0) is 22.5. The number of para-hydroxylation sites is 2. The topological polar surface area (TPSA) is 69.0 Å². The van der Waals surface area contributed by atoms with Crippen molar-refractivity contribution in [3.63, 3.8) is 0 Å². The Morgan fingerprint density at radius 1 is 1.00 bits per heavy atom. The number of hydrogen-bond acceptors (Lipinski definition) is 4. The average molecular weight is 429 g/mol. The zero-order valence-electron chi connectivity index (χ0n) is 18.7. The van der Waals surface area contributed by atoms with Crippen molar-refractivity contribution in [2.45, 2.75) is 39.3 Å². The van der Waals surface area contributed by atoms with Crippen molar-refractivity contribution in [3.8, 4) is 5.75 Å². The summed E-state index contributed by atoms with van der Waals surface area (Å²) in [6.07, 6.45) is 3.22. The van der Waals surface area contributed by atoms with Gasteiger partial charge in [-0.15, -0.1) is 0 Å². The van der Waals surface area contributed by atoms with Gasteiger partial charge in [-0.1, -0.05) is 38.1 Å². The number of imidazole rings is 1. The number of ether oxygens (including phenoxy) is 1. The van der Waals surface area contributed by atoms with Gasteiger partial charge >= 0.3 is 0 Å².